The van der Waals surface area contributed by atoms with Crippen LogP contribution in [0, 0.1) is 0 Å². The van der Waals surface area contributed by atoms with Gasteiger partial charge in [-0.1, -0.05) is 20.0 Å². The predicted molar refractivity (Wildman–Crippen MR) is 112 cm³/mol. The highest BCUT2D eigenvalue weighted by molar-refractivity contribution is 6.73. The Morgan fingerprint density at radius 1 is 0.920 bits per heavy atom. The molecule has 0 radical (unpaired) electrons. The molecule has 0 amide bonds. The van der Waals surface area contributed by atoms with Gasteiger partial charge in [0.2, 0.25) is 8.32 Å². The van der Waals surface area contributed by atoms with Gasteiger partial charge < -0.3 is 19.7 Å². The van der Waals surface area contributed by atoms with E-state index in [1.165, 1.54) is 0 Å². The number of ether oxygens (including phenoxy) is 2. The minimum absolute atomic E-state index is 0.0541. The molecule has 2 N–H and O–H groups in total. The lowest BCUT2D eigenvalue weighted by Gasteiger charge is -2.27. The van der Waals surface area contributed by atoms with Crippen molar-refractivity contribution in [2.75, 3.05) is 32.7 Å². The maximum atomic E-state index is 9.63. The van der Waals surface area contributed by atoms with Gasteiger partial charge in [0.05, 0.1) is 19.4 Å². The van der Waals surface area contributed by atoms with Gasteiger partial charge in [0.15, 0.2) is 0 Å². The Kier molecular flexibility index (Phi) is 18.3. The summed E-state index contributed by atoms with van der Waals surface area (Å²) in [7, 11) is -3.56. The molecule has 0 aromatic rings. The molecule has 25 heavy (non-hydrogen) atoms. The second-order valence-corrected chi connectivity index (χ2v) is 17.1. The fourth-order valence-electron chi connectivity index (χ4n) is 1.52. The summed E-state index contributed by atoms with van der Waals surface area (Å²) >= 11 is 0. The molecule has 0 aromatic heterocycles. The van der Waals surface area contributed by atoms with Crippen molar-refractivity contribution in [3.8, 4) is 0 Å². The first-order chi connectivity index (χ1) is 11.6. The minimum Gasteiger partial charge on any atom is -0.397 e. The molecule has 1 unspecified atom stereocenters. The third-order valence-corrected chi connectivity index (χ3v) is 6.47. The summed E-state index contributed by atoms with van der Waals surface area (Å²) in [4.78, 5) is 0. The first-order valence-electron chi connectivity index (χ1n) is 9.45. The molecule has 0 saturated heterocycles. The summed E-state index contributed by atoms with van der Waals surface area (Å²) in [6, 6.07) is 0.908. The molecule has 1 atom stereocenters. The molecular weight excluding hydrogens is 372 g/mol. The molecular formula is C16H42O6Si3. The van der Waals surface area contributed by atoms with Gasteiger partial charge in [0, 0.05) is 22.7 Å². The van der Waals surface area contributed by atoms with E-state index in [9.17, 15) is 10.2 Å². The molecule has 0 aromatic carbocycles. The Bertz CT molecular complexity index is 293. The standard InChI is InChI=1S/C14H34O6Si2.C2H8Si/c1-6-8-17-11-14(16)12-18-9-7-10-21(2,3)19-20-22(4,5)13-15;1-3-2/h14-16H,6-13H2,1-5H3;3H2,1-2H3. The van der Waals surface area contributed by atoms with E-state index in [0.29, 0.717) is 35.9 Å². The maximum Gasteiger partial charge on any atom is 0.256 e. The van der Waals surface area contributed by atoms with Crippen molar-refractivity contribution >= 4 is 26.2 Å². The van der Waals surface area contributed by atoms with E-state index in [2.05, 4.69) is 26.2 Å². The summed E-state index contributed by atoms with van der Waals surface area (Å²) in [5, 5.41) is 18.8. The summed E-state index contributed by atoms with van der Waals surface area (Å²) in [5.74, 6) is 0. The Hall–Kier alpha value is 0.411. The number of rotatable bonds is 14. The van der Waals surface area contributed by atoms with Crippen molar-refractivity contribution < 1.29 is 28.8 Å². The summed E-state index contributed by atoms with van der Waals surface area (Å²) in [5.41, 5.74) is 0. The fourth-order valence-corrected chi connectivity index (χ4v) is 4.46. The van der Waals surface area contributed by atoms with Gasteiger partial charge in [0.25, 0.3) is 8.32 Å². The second-order valence-electron chi connectivity index (χ2n) is 7.46. The zero-order valence-electron chi connectivity index (χ0n) is 17.5. The Morgan fingerprint density at radius 2 is 1.40 bits per heavy atom. The lowest BCUT2D eigenvalue weighted by molar-refractivity contribution is -0.128. The molecule has 0 spiro atoms. The van der Waals surface area contributed by atoms with Gasteiger partial charge in [0.1, 0.15) is 6.10 Å². The molecule has 0 aliphatic heterocycles. The normalized spacial score (nSPS) is 13.3. The molecule has 0 bridgehead atoms. The lowest BCUT2D eigenvalue weighted by Crippen LogP contribution is -2.41. The van der Waals surface area contributed by atoms with Crippen molar-refractivity contribution in [1.29, 1.82) is 0 Å². The average molecular weight is 415 g/mol. The van der Waals surface area contributed by atoms with Gasteiger partial charge in [-0.15, -0.1) is 0 Å². The van der Waals surface area contributed by atoms with Crippen LogP contribution in [0.2, 0.25) is 45.3 Å². The Morgan fingerprint density at radius 3 is 1.88 bits per heavy atom. The van der Waals surface area contributed by atoms with Crippen LogP contribution in [0.4, 0.5) is 0 Å². The van der Waals surface area contributed by atoms with Gasteiger partial charge in [-0.3, -0.25) is 9.15 Å². The molecule has 9 heteroatoms. The molecule has 0 fully saturated rings. The highest BCUT2D eigenvalue weighted by Gasteiger charge is 2.30. The zero-order chi connectivity index (χ0) is 19.8. The molecule has 0 rings (SSSR count). The first-order valence-corrected chi connectivity index (χ1v) is 18.5. The fraction of sp³-hybridized carbons (Fsp3) is 1.00. The van der Waals surface area contributed by atoms with E-state index in [1.807, 2.05) is 20.0 Å². The van der Waals surface area contributed by atoms with Gasteiger partial charge in [-0.2, -0.15) is 0 Å². The highest BCUT2D eigenvalue weighted by Crippen LogP contribution is 2.17. The maximum absolute atomic E-state index is 9.63. The molecule has 0 heterocycles. The Labute approximate surface area is 159 Å². The van der Waals surface area contributed by atoms with Crippen LogP contribution in [0.5, 0.6) is 0 Å². The molecule has 0 aliphatic carbocycles. The van der Waals surface area contributed by atoms with Crippen LogP contribution in [0.25, 0.3) is 0 Å². The van der Waals surface area contributed by atoms with Gasteiger partial charge in [-0.05, 0) is 45.1 Å². The largest absolute Gasteiger partial charge is 0.397 e. The lowest BCUT2D eigenvalue weighted by atomic mass is 10.4. The topological polar surface area (TPSA) is 77.4 Å². The van der Waals surface area contributed by atoms with Crippen molar-refractivity contribution in [1.82, 2.24) is 0 Å². The van der Waals surface area contributed by atoms with Crippen LogP contribution in [-0.2, 0) is 18.6 Å². The van der Waals surface area contributed by atoms with Crippen LogP contribution >= 0.6 is 0 Å². The van der Waals surface area contributed by atoms with E-state index in [4.69, 9.17) is 18.6 Å². The highest BCUT2D eigenvalue weighted by atomic mass is 28.4. The Balaban J connectivity index is 0. The smallest absolute Gasteiger partial charge is 0.256 e. The third kappa shape index (κ3) is 20.6. The molecule has 0 aliphatic rings. The monoisotopic (exact) mass is 414 g/mol. The van der Waals surface area contributed by atoms with Gasteiger partial charge >= 0.3 is 0 Å². The second kappa shape index (κ2) is 16.6. The van der Waals surface area contributed by atoms with Crippen molar-refractivity contribution in [2.45, 2.75) is 71.2 Å². The number of hydrogen-bond donors (Lipinski definition) is 2. The SMILES string of the molecule is CCCOCC(O)COCCC[Si](C)(C)OO[Si](C)(C)CO.C[SiH2]C. The van der Waals surface area contributed by atoms with E-state index < -0.39 is 22.7 Å². The van der Waals surface area contributed by atoms with Gasteiger partial charge in [-0.25, -0.2) is 0 Å². The predicted octanol–water partition coefficient (Wildman–Crippen LogP) is 2.32. The summed E-state index contributed by atoms with van der Waals surface area (Å²) in [6.07, 6.45) is 1.31. The summed E-state index contributed by atoms with van der Waals surface area (Å²) < 4.78 is 21.7. The average Bonchev–Trinajstić information content (AvgIpc) is 2.54. The van der Waals surface area contributed by atoms with Crippen LogP contribution < -0.4 is 0 Å². The van der Waals surface area contributed by atoms with Crippen LogP contribution in [0.3, 0.4) is 0 Å². The van der Waals surface area contributed by atoms with E-state index >= 15 is 0 Å². The van der Waals surface area contributed by atoms with E-state index in [1.54, 1.807) is 0 Å². The van der Waals surface area contributed by atoms with E-state index in [0.717, 1.165) is 18.9 Å². The van der Waals surface area contributed by atoms with E-state index in [-0.39, 0.29) is 6.23 Å². The zero-order valence-corrected chi connectivity index (χ0v) is 20.9. The third-order valence-electron chi connectivity index (χ3n) is 2.91. The number of aliphatic hydroxyl groups excluding tert-OH is 2. The molecule has 6 nitrogen and oxygen atoms in total. The first kappa shape index (κ1) is 27.6. The molecule has 0 saturated carbocycles. The van der Waals surface area contributed by atoms with Crippen molar-refractivity contribution in [2.24, 2.45) is 0 Å². The minimum atomic E-state index is -2.08. The van der Waals surface area contributed by atoms with Crippen LogP contribution in [-0.4, -0.2) is 75.1 Å². The van der Waals surface area contributed by atoms with Crippen LogP contribution in [0.15, 0.2) is 0 Å². The van der Waals surface area contributed by atoms with Crippen molar-refractivity contribution in [3.63, 3.8) is 0 Å². The van der Waals surface area contributed by atoms with Crippen molar-refractivity contribution in [3.05, 3.63) is 0 Å². The summed E-state index contributed by atoms with van der Waals surface area (Å²) in [6.45, 7) is 16.5. The molecule has 154 valence electrons. The quantitative estimate of drug-likeness (QED) is 0.197. The number of hydrogen-bond acceptors (Lipinski definition) is 6. The van der Waals surface area contributed by atoms with Crippen LogP contribution in [0.1, 0.15) is 19.8 Å². The number of aliphatic hydroxyl groups is 2.